The number of rotatable bonds is 3. The molecule has 0 fully saturated rings. The molecule has 0 N–H and O–H groups in total. The van der Waals surface area contributed by atoms with Gasteiger partial charge in [-0.05, 0) is 47.1 Å². The number of hydrogen-bond donors (Lipinski definition) is 0. The molecule has 1 aliphatic rings. The predicted octanol–water partition coefficient (Wildman–Crippen LogP) is 5.31. The van der Waals surface area contributed by atoms with Gasteiger partial charge in [-0.1, -0.05) is 54.6 Å². The topological polar surface area (TPSA) is 0 Å². The number of halogens is 1. The minimum absolute atomic E-state index is 0.729. The van der Waals surface area contributed by atoms with Crippen LogP contribution in [-0.4, -0.2) is 5.88 Å². The van der Waals surface area contributed by atoms with Crippen molar-refractivity contribution in [2.45, 2.75) is 19.3 Å². The first-order valence-corrected chi connectivity index (χ1v) is 7.36. The zero-order valence-electron chi connectivity index (χ0n) is 10.9. The third kappa shape index (κ3) is 2.46. The molecule has 0 nitrogen and oxygen atoms in total. The Hall–Kier alpha value is -1.53. The monoisotopic (exact) mass is 268 g/mol. The fraction of sp³-hybridized carbons (Fsp3) is 0.222. The largest absolute Gasteiger partial charge is 0.127 e. The number of benzene rings is 2. The van der Waals surface area contributed by atoms with Crippen molar-refractivity contribution in [3.8, 4) is 11.1 Å². The fourth-order valence-electron chi connectivity index (χ4n) is 2.80. The van der Waals surface area contributed by atoms with Crippen molar-refractivity contribution in [1.29, 1.82) is 0 Å². The molecule has 0 amide bonds. The molecular formula is C18H17Cl. The van der Waals surface area contributed by atoms with Gasteiger partial charge in [-0.3, -0.25) is 0 Å². The molecule has 96 valence electrons. The lowest BCUT2D eigenvalue weighted by Crippen LogP contribution is -1.89. The van der Waals surface area contributed by atoms with Crippen molar-refractivity contribution < 1.29 is 0 Å². The Morgan fingerprint density at radius 3 is 2.32 bits per heavy atom. The Morgan fingerprint density at radius 2 is 1.53 bits per heavy atom. The minimum atomic E-state index is 0.729. The average molecular weight is 269 g/mol. The Morgan fingerprint density at radius 1 is 0.842 bits per heavy atom. The summed E-state index contributed by atoms with van der Waals surface area (Å²) in [4.78, 5) is 0. The molecule has 2 aromatic carbocycles. The molecule has 0 saturated carbocycles. The fourth-order valence-corrected chi connectivity index (χ4v) is 2.93. The summed E-state index contributed by atoms with van der Waals surface area (Å²) >= 11 is 5.85. The molecule has 0 heterocycles. The van der Waals surface area contributed by atoms with Crippen molar-refractivity contribution in [1.82, 2.24) is 0 Å². The van der Waals surface area contributed by atoms with Crippen LogP contribution in [0.15, 0.2) is 54.6 Å². The smallest absolute Gasteiger partial charge is 0.0226 e. The van der Waals surface area contributed by atoms with Gasteiger partial charge in [0.15, 0.2) is 0 Å². The molecule has 3 rings (SSSR count). The van der Waals surface area contributed by atoms with Gasteiger partial charge in [0.05, 0.1) is 0 Å². The van der Waals surface area contributed by atoms with E-state index in [1.165, 1.54) is 27.8 Å². The number of hydrogen-bond acceptors (Lipinski definition) is 0. The van der Waals surface area contributed by atoms with Crippen LogP contribution in [0.4, 0.5) is 0 Å². The second-order valence-corrected chi connectivity index (χ2v) is 5.31. The average Bonchev–Trinajstić information content (AvgIpc) is 2.63. The summed E-state index contributed by atoms with van der Waals surface area (Å²) in [6.45, 7) is 0. The Kier molecular flexibility index (Phi) is 3.70. The van der Waals surface area contributed by atoms with Gasteiger partial charge < -0.3 is 0 Å². The SMILES string of the molecule is ClCCCC1=CCc2ccccc2-c2ccccc21. The van der Waals surface area contributed by atoms with E-state index in [2.05, 4.69) is 54.6 Å². The quantitative estimate of drug-likeness (QED) is 0.662. The Labute approximate surface area is 119 Å². The predicted molar refractivity (Wildman–Crippen MR) is 83.5 cm³/mol. The van der Waals surface area contributed by atoms with Crippen LogP contribution in [0.5, 0.6) is 0 Å². The van der Waals surface area contributed by atoms with Crippen LogP contribution in [0.1, 0.15) is 24.0 Å². The summed E-state index contributed by atoms with van der Waals surface area (Å²) in [7, 11) is 0. The third-order valence-corrected chi connectivity index (χ3v) is 4.00. The highest BCUT2D eigenvalue weighted by atomic mass is 35.5. The minimum Gasteiger partial charge on any atom is -0.127 e. The van der Waals surface area contributed by atoms with Crippen molar-refractivity contribution in [3.05, 3.63) is 65.7 Å². The standard InChI is InChI=1S/C18H17Cl/c19-13-5-7-15-12-11-14-6-1-2-8-16(14)18-10-4-3-9-17(15)18/h1-4,6,8-10,12H,5,7,11,13H2. The van der Waals surface area contributed by atoms with E-state index in [1.807, 2.05) is 0 Å². The van der Waals surface area contributed by atoms with Gasteiger partial charge in [0.1, 0.15) is 0 Å². The molecule has 1 aliphatic carbocycles. The molecular weight excluding hydrogens is 252 g/mol. The normalized spacial score (nSPS) is 13.2. The van der Waals surface area contributed by atoms with Crippen molar-refractivity contribution in [2.75, 3.05) is 5.88 Å². The zero-order chi connectivity index (χ0) is 13.1. The van der Waals surface area contributed by atoms with Gasteiger partial charge in [-0.25, -0.2) is 0 Å². The number of alkyl halides is 1. The highest BCUT2D eigenvalue weighted by Gasteiger charge is 2.14. The van der Waals surface area contributed by atoms with Crippen molar-refractivity contribution >= 4 is 17.2 Å². The second-order valence-electron chi connectivity index (χ2n) is 4.93. The summed E-state index contributed by atoms with van der Waals surface area (Å²) in [6.07, 6.45) is 5.49. The maximum Gasteiger partial charge on any atom is 0.0226 e. The maximum absolute atomic E-state index is 5.85. The molecule has 0 aliphatic heterocycles. The zero-order valence-corrected chi connectivity index (χ0v) is 11.7. The van der Waals surface area contributed by atoms with E-state index >= 15 is 0 Å². The van der Waals surface area contributed by atoms with Gasteiger partial charge in [0.2, 0.25) is 0 Å². The molecule has 0 unspecified atom stereocenters. The molecule has 0 radical (unpaired) electrons. The van der Waals surface area contributed by atoms with E-state index in [0.29, 0.717) is 0 Å². The molecule has 0 bridgehead atoms. The van der Waals surface area contributed by atoms with E-state index in [4.69, 9.17) is 11.6 Å². The molecule has 19 heavy (non-hydrogen) atoms. The van der Waals surface area contributed by atoms with Gasteiger partial charge in [0.25, 0.3) is 0 Å². The maximum atomic E-state index is 5.85. The molecule has 0 spiro atoms. The summed E-state index contributed by atoms with van der Waals surface area (Å²) in [6, 6.07) is 17.4. The van der Waals surface area contributed by atoms with Crippen LogP contribution in [0, 0.1) is 0 Å². The summed E-state index contributed by atoms with van der Waals surface area (Å²) in [5.74, 6) is 0.729. The van der Waals surface area contributed by atoms with E-state index in [1.54, 1.807) is 0 Å². The summed E-state index contributed by atoms with van der Waals surface area (Å²) in [5, 5.41) is 0. The summed E-state index contributed by atoms with van der Waals surface area (Å²) in [5.41, 5.74) is 6.95. The second kappa shape index (κ2) is 5.63. The lowest BCUT2D eigenvalue weighted by atomic mass is 9.93. The van der Waals surface area contributed by atoms with Crippen LogP contribution >= 0.6 is 11.6 Å². The van der Waals surface area contributed by atoms with Crippen LogP contribution < -0.4 is 0 Å². The van der Waals surface area contributed by atoms with Gasteiger partial charge in [-0.2, -0.15) is 0 Å². The van der Waals surface area contributed by atoms with Crippen molar-refractivity contribution in [3.63, 3.8) is 0 Å². The van der Waals surface area contributed by atoms with Gasteiger partial charge >= 0.3 is 0 Å². The van der Waals surface area contributed by atoms with E-state index in [9.17, 15) is 0 Å². The van der Waals surface area contributed by atoms with Crippen LogP contribution in [-0.2, 0) is 6.42 Å². The first kappa shape index (κ1) is 12.5. The van der Waals surface area contributed by atoms with Crippen LogP contribution in [0.25, 0.3) is 16.7 Å². The van der Waals surface area contributed by atoms with Crippen LogP contribution in [0.2, 0.25) is 0 Å². The van der Waals surface area contributed by atoms with Crippen molar-refractivity contribution in [2.24, 2.45) is 0 Å². The molecule has 0 aromatic heterocycles. The first-order valence-electron chi connectivity index (χ1n) is 6.83. The molecule has 1 heteroatoms. The Balaban J connectivity index is 2.12. The lowest BCUT2D eigenvalue weighted by molar-refractivity contribution is 0.978. The lowest BCUT2D eigenvalue weighted by Gasteiger charge is -2.11. The van der Waals surface area contributed by atoms with E-state index in [-0.39, 0.29) is 0 Å². The van der Waals surface area contributed by atoms with Gasteiger partial charge in [-0.15, -0.1) is 11.6 Å². The van der Waals surface area contributed by atoms with E-state index < -0.39 is 0 Å². The van der Waals surface area contributed by atoms with Crippen LogP contribution in [0.3, 0.4) is 0 Å². The highest BCUT2D eigenvalue weighted by molar-refractivity contribution is 6.17. The van der Waals surface area contributed by atoms with Gasteiger partial charge in [0, 0.05) is 5.88 Å². The molecule has 2 aromatic rings. The van der Waals surface area contributed by atoms with E-state index in [0.717, 1.165) is 25.1 Å². The molecule has 0 atom stereocenters. The number of allylic oxidation sites excluding steroid dienone is 2. The molecule has 0 saturated heterocycles. The first-order chi connectivity index (χ1) is 9.40. The number of fused-ring (bicyclic) bond motifs is 3. The summed E-state index contributed by atoms with van der Waals surface area (Å²) < 4.78 is 0. The third-order valence-electron chi connectivity index (χ3n) is 3.73. The highest BCUT2D eigenvalue weighted by Crippen LogP contribution is 2.36. The Bertz CT molecular complexity index is 611.